The molecule has 1 rings (SSSR count). The first-order chi connectivity index (χ1) is 8.25. The molecule has 1 aromatic carbocycles. The highest BCUT2D eigenvalue weighted by Gasteiger charge is 2.11. The quantitative estimate of drug-likeness (QED) is 0.586. The Morgan fingerprint density at radius 1 is 1.35 bits per heavy atom. The summed E-state index contributed by atoms with van der Waals surface area (Å²) in [6, 6.07) is 5.82. The zero-order valence-electron chi connectivity index (χ0n) is 10.0. The topological polar surface area (TPSA) is 38.3 Å². The van der Waals surface area contributed by atoms with Gasteiger partial charge in [-0.15, -0.1) is 0 Å². The molecule has 0 bridgehead atoms. The number of rotatable bonds is 7. The van der Waals surface area contributed by atoms with Crippen molar-refractivity contribution in [2.24, 2.45) is 0 Å². The molecule has 0 unspecified atom stereocenters. The van der Waals surface area contributed by atoms with Gasteiger partial charge in [0.25, 0.3) is 0 Å². The molecule has 17 heavy (non-hydrogen) atoms. The molecule has 3 nitrogen and oxygen atoms in total. The smallest absolute Gasteiger partial charge is 0.341 e. The van der Waals surface area contributed by atoms with Gasteiger partial charge >= 0.3 is 5.97 Å². The molecule has 0 saturated heterocycles. The van der Waals surface area contributed by atoms with E-state index >= 15 is 0 Å². The third kappa shape index (κ3) is 4.95. The molecule has 1 aromatic rings. The Balaban J connectivity index is 2.24. The summed E-state index contributed by atoms with van der Waals surface area (Å²) in [5, 5.41) is 3.14. The summed E-state index contributed by atoms with van der Waals surface area (Å²) in [4.78, 5) is 11.5. The minimum atomic E-state index is -0.611. The van der Waals surface area contributed by atoms with Crippen molar-refractivity contribution < 1.29 is 13.9 Å². The summed E-state index contributed by atoms with van der Waals surface area (Å²) >= 11 is 0. The molecule has 0 radical (unpaired) electrons. The minimum Gasteiger partial charge on any atom is -0.461 e. The second-order valence-corrected chi connectivity index (χ2v) is 3.72. The van der Waals surface area contributed by atoms with Gasteiger partial charge in [0.2, 0.25) is 0 Å². The fourth-order valence-electron chi connectivity index (χ4n) is 1.35. The van der Waals surface area contributed by atoms with Crippen LogP contribution < -0.4 is 5.32 Å². The van der Waals surface area contributed by atoms with Crippen molar-refractivity contribution in [3.63, 3.8) is 0 Å². The van der Waals surface area contributed by atoms with Crippen LogP contribution in [0.15, 0.2) is 24.3 Å². The molecule has 94 valence electrons. The number of carbonyl (C=O) groups is 1. The van der Waals surface area contributed by atoms with Crippen LogP contribution in [0.3, 0.4) is 0 Å². The highest BCUT2D eigenvalue weighted by Crippen LogP contribution is 2.07. The summed E-state index contributed by atoms with van der Waals surface area (Å²) in [6.45, 7) is 3.88. The van der Waals surface area contributed by atoms with Crippen LogP contribution in [0.1, 0.15) is 30.1 Å². The van der Waals surface area contributed by atoms with E-state index in [4.69, 9.17) is 4.74 Å². The van der Waals surface area contributed by atoms with Crippen LogP contribution in [0.25, 0.3) is 0 Å². The first-order valence-corrected chi connectivity index (χ1v) is 5.88. The number of unbranched alkanes of at least 4 members (excludes halogenated alkanes) is 1. The average Bonchev–Trinajstić information content (AvgIpc) is 2.34. The Bertz CT molecular complexity index is 355. The van der Waals surface area contributed by atoms with E-state index in [-0.39, 0.29) is 12.2 Å². The van der Waals surface area contributed by atoms with Crippen molar-refractivity contribution in [3.05, 3.63) is 35.6 Å². The number of halogens is 1. The lowest BCUT2D eigenvalue weighted by Crippen LogP contribution is -2.22. The second kappa shape index (κ2) is 7.79. The van der Waals surface area contributed by atoms with Crippen LogP contribution in [0.4, 0.5) is 4.39 Å². The van der Waals surface area contributed by atoms with E-state index in [1.165, 1.54) is 12.1 Å². The van der Waals surface area contributed by atoms with Crippen LogP contribution in [0, 0.1) is 5.82 Å². The number of nitrogens with one attached hydrogen (secondary N) is 1. The molecule has 1 N–H and O–H groups in total. The molecule has 0 spiro atoms. The number of hydrogen-bond donors (Lipinski definition) is 1. The summed E-state index contributed by atoms with van der Waals surface area (Å²) < 4.78 is 18.1. The lowest BCUT2D eigenvalue weighted by molar-refractivity contribution is 0.0503. The largest absolute Gasteiger partial charge is 0.461 e. The van der Waals surface area contributed by atoms with Gasteiger partial charge in [-0.25, -0.2) is 9.18 Å². The van der Waals surface area contributed by atoms with Gasteiger partial charge in [-0.3, -0.25) is 0 Å². The number of carbonyl (C=O) groups excluding carboxylic acids is 1. The zero-order valence-corrected chi connectivity index (χ0v) is 10.0. The van der Waals surface area contributed by atoms with Gasteiger partial charge in [-0.1, -0.05) is 25.5 Å². The number of esters is 1. The van der Waals surface area contributed by atoms with E-state index < -0.39 is 11.8 Å². The molecule has 0 aliphatic heterocycles. The van der Waals surface area contributed by atoms with Crippen molar-refractivity contribution in [2.75, 3.05) is 19.7 Å². The van der Waals surface area contributed by atoms with Gasteiger partial charge < -0.3 is 10.1 Å². The van der Waals surface area contributed by atoms with Crippen LogP contribution in [-0.4, -0.2) is 25.7 Å². The van der Waals surface area contributed by atoms with E-state index in [0.29, 0.717) is 6.54 Å². The van der Waals surface area contributed by atoms with Crippen LogP contribution in [0.2, 0.25) is 0 Å². The van der Waals surface area contributed by atoms with Crippen molar-refractivity contribution in [1.82, 2.24) is 5.32 Å². The Kier molecular flexibility index (Phi) is 6.25. The standard InChI is InChI=1S/C13H18FNO2/c1-2-3-8-15-9-10-17-13(16)11-6-4-5-7-12(11)14/h4-7,15H,2-3,8-10H2,1H3. The van der Waals surface area contributed by atoms with E-state index in [9.17, 15) is 9.18 Å². The van der Waals surface area contributed by atoms with Crippen LogP contribution in [0.5, 0.6) is 0 Å². The number of benzene rings is 1. The zero-order chi connectivity index (χ0) is 12.5. The van der Waals surface area contributed by atoms with Gasteiger partial charge in [0.05, 0.1) is 5.56 Å². The fraction of sp³-hybridized carbons (Fsp3) is 0.462. The summed E-state index contributed by atoms with van der Waals surface area (Å²) in [5.41, 5.74) is -0.0129. The van der Waals surface area contributed by atoms with Crippen molar-refractivity contribution in [3.8, 4) is 0 Å². The SMILES string of the molecule is CCCCNCCOC(=O)c1ccccc1F. The highest BCUT2D eigenvalue weighted by molar-refractivity contribution is 5.89. The third-order valence-electron chi connectivity index (χ3n) is 2.31. The summed E-state index contributed by atoms with van der Waals surface area (Å²) in [7, 11) is 0. The summed E-state index contributed by atoms with van der Waals surface area (Å²) in [6.07, 6.45) is 2.23. The molecular weight excluding hydrogens is 221 g/mol. The maximum Gasteiger partial charge on any atom is 0.341 e. The Hall–Kier alpha value is -1.42. The monoisotopic (exact) mass is 239 g/mol. The van der Waals surface area contributed by atoms with Gasteiger partial charge in [0, 0.05) is 6.54 Å². The molecule has 0 aromatic heterocycles. The van der Waals surface area contributed by atoms with Crippen molar-refractivity contribution in [1.29, 1.82) is 0 Å². The first kappa shape index (κ1) is 13.6. The molecule has 0 aliphatic rings. The van der Waals surface area contributed by atoms with Gasteiger partial charge in [0.15, 0.2) is 0 Å². The van der Waals surface area contributed by atoms with Gasteiger partial charge in [-0.2, -0.15) is 0 Å². The second-order valence-electron chi connectivity index (χ2n) is 3.72. The molecule has 0 aliphatic carbocycles. The Labute approximate surface area is 101 Å². The van der Waals surface area contributed by atoms with Gasteiger partial charge in [-0.05, 0) is 25.1 Å². The van der Waals surface area contributed by atoms with Crippen molar-refractivity contribution >= 4 is 5.97 Å². The predicted octanol–water partition coefficient (Wildman–Crippen LogP) is 2.37. The third-order valence-corrected chi connectivity index (χ3v) is 2.31. The average molecular weight is 239 g/mol. The molecule has 0 heterocycles. The molecule has 0 saturated carbocycles. The van der Waals surface area contributed by atoms with E-state index in [2.05, 4.69) is 12.2 Å². The maximum atomic E-state index is 13.2. The van der Waals surface area contributed by atoms with Crippen molar-refractivity contribution in [2.45, 2.75) is 19.8 Å². The van der Waals surface area contributed by atoms with Crippen LogP contribution in [-0.2, 0) is 4.74 Å². The Morgan fingerprint density at radius 3 is 2.82 bits per heavy atom. The molecular formula is C13H18FNO2. The predicted molar refractivity (Wildman–Crippen MR) is 64.5 cm³/mol. The molecule has 4 heteroatoms. The highest BCUT2D eigenvalue weighted by atomic mass is 19.1. The van der Waals surface area contributed by atoms with Gasteiger partial charge in [0.1, 0.15) is 12.4 Å². The summed E-state index contributed by atoms with van der Waals surface area (Å²) in [5.74, 6) is -1.16. The lowest BCUT2D eigenvalue weighted by Gasteiger charge is -2.06. The molecule has 0 amide bonds. The lowest BCUT2D eigenvalue weighted by atomic mass is 10.2. The normalized spacial score (nSPS) is 10.2. The van der Waals surface area contributed by atoms with E-state index in [1.54, 1.807) is 12.1 Å². The van der Waals surface area contributed by atoms with E-state index in [1.807, 2.05) is 0 Å². The number of hydrogen-bond acceptors (Lipinski definition) is 3. The minimum absolute atomic E-state index is 0.0129. The molecule has 0 atom stereocenters. The number of ether oxygens (including phenoxy) is 1. The first-order valence-electron chi connectivity index (χ1n) is 5.88. The fourth-order valence-corrected chi connectivity index (χ4v) is 1.35. The molecule has 0 fully saturated rings. The maximum absolute atomic E-state index is 13.2. The van der Waals surface area contributed by atoms with Crippen LogP contribution >= 0.6 is 0 Å². The van der Waals surface area contributed by atoms with E-state index in [0.717, 1.165) is 19.4 Å². The Morgan fingerprint density at radius 2 is 2.12 bits per heavy atom.